The standard InChI is InChI=1S/C28H46O4/c1-8-24-23-11-10-21-17-22(32-20(4)29)13-15-28(21,6)25(23)14-16-27(24,5)19(3)18(2)9-12-26(30)31-7/h14,18-19,21-24H,8-13,15-17H2,1-7H3/t18-,19?,21-,22-,23?,24?,27-,28+/m1/s1. The molecule has 0 aliphatic heterocycles. The fourth-order valence-electron chi connectivity index (χ4n) is 7.84. The number of ether oxygens (including phenoxy) is 2. The van der Waals surface area contributed by atoms with E-state index in [0.717, 1.165) is 32.1 Å². The minimum Gasteiger partial charge on any atom is -0.469 e. The summed E-state index contributed by atoms with van der Waals surface area (Å²) in [4.78, 5) is 23.2. The van der Waals surface area contributed by atoms with Gasteiger partial charge in [0.25, 0.3) is 0 Å². The molecule has 0 radical (unpaired) electrons. The van der Waals surface area contributed by atoms with Gasteiger partial charge in [-0.1, -0.05) is 52.7 Å². The van der Waals surface area contributed by atoms with E-state index < -0.39 is 0 Å². The Bertz CT molecular complexity index is 727. The van der Waals surface area contributed by atoms with Crippen LogP contribution in [0.4, 0.5) is 0 Å². The minimum absolute atomic E-state index is 0.0947. The lowest BCUT2D eigenvalue weighted by molar-refractivity contribution is -0.151. The molecule has 0 heterocycles. The topological polar surface area (TPSA) is 52.6 Å². The van der Waals surface area contributed by atoms with E-state index in [1.807, 2.05) is 0 Å². The molecular formula is C28H46O4. The highest BCUT2D eigenvalue weighted by Gasteiger charge is 2.54. The van der Waals surface area contributed by atoms with Gasteiger partial charge < -0.3 is 9.47 Å². The van der Waals surface area contributed by atoms with Crippen molar-refractivity contribution in [2.75, 3.05) is 7.11 Å². The number of rotatable bonds is 7. The van der Waals surface area contributed by atoms with Crippen LogP contribution in [0.15, 0.2) is 11.6 Å². The van der Waals surface area contributed by atoms with Crippen molar-refractivity contribution in [2.24, 2.45) is 40.4 Å². The fraction of sp³-hybridized carbons (Fsp3) is 0.857. The van der Waals surface area contributed by atoms with E-state index in [2.05, 4.69) is 40.7 Å². The lowest BCUT2D eigenvalue weighted by atomic mass is 9.46. The third-order valence-electron chi connectivity index (χ3n) is 10.1. The van der Waals surface area contributed by atoms with Crippen LogP contribution in [0.25, 0.3) is 0 Å². The van der Waals surface area contributed by atoms with Crippen LogP contribution in [0, 0.1) is 40.4 Å². The van der Waals surface area contributed by atoms with E-state index in [1.165, 1.54) is 33.3 Å². The molecule has 3 rings (SSSR count). The predicted octanol–water partition coefficient (Wildman–Crippen LogP) is 6.72. The first-order valence-corrected chi connectivity index (χ1v) is 13.0. The molecule has 3 unspecified atom stereocenters. The average Bonchev–Trinajstić information content (AvgIpc) is 2.76. The summed E-state index contributed by atoms with van der Waals surface area (Å²) < 4.78 is 10.5. The number of carbonyl (C=O) groups is 2. The predicted molar refractivity (Wildman–Crippen MR) is 128 cm³/mol. The molecule has 4 heteroatoms. The van der Waals surface area contributed by atoms with Gasteiger partial charge in [0, 0.05) is 13.3 Å². The monoisotopic (exact) mass is 446 g/mol. The van der Waals surface area contributed by atoms with Crippen molar-refractivity contribution in [3.63, 3.8) is 0 Å². The van der Waals surface area contributed by atoms with Gasteiger partial charge in [0.15, 0.2) is 0 Å². The quantitative estimate of drug-likeness (QED) is 0.322. The normalized spacial score (nSPS) is 38.5. The lowest BCUT2D eigenvalue weighted by Crippen LogP contribution is -2.51. The van der Waals surface area contributed by atoms with Crippen LogP contribution < -0.4 is 0 Å². The van der Waals surface area contributed by atoms with E-state index in [0.29, 0.717) is 36.0 Å². The SMILES string of the molecule is CCC1C2CC[C@@H]3C[C@H](OC(C)=O)CC[C@]3(C)C2=CC[C@]1(C)C(C)[C@H](C)CCC(=O)OC. The van der Waals surface area contributed by atoms with Crippen molar-refractivity contribution in [2.45, 2.75) is 105 Å². The molecule has 0 aromatic carbocycles. The Labute approximate surface area is 195 Å². The Morgan fingerprint density at radius 3 is 2.53 bits per heavy atom. The van der Waals surface area contributed by atoms with Gasteiger partial charge in [-0.05, 0) is 85.4 Å². The molecule has 0 aromatic heterocycles. The Morgan fingerprint density at radius 2 is 1.91 bits per heavy atom. The summed E-state index contributed by atoms with van der Waals surface area (Å²) >= 11 is 0. The second kappa shape index (κ2) is 9.89. The molecule has 0 bridgehead atoms. The first-order chi connectivity index (χ1) is 15.1. The van der Waals surface area contributed by atoms with Gasteiger partial charge in [-0.25, -0.2) is 0 Å². The van der Waals surface area contributed by atoms with Crippen molar-refractivity contribution in [3.8, 4) is 0 Å². The summed E-state index contributed by atoms with van der Waals surface area (Å²) in [6.07, 6.45) is 12.1. The largest absolute Gasteiger partial charge is 0.469 e. The minimum atomic E-state index is -0.138. The molecule has 3 aliphatic carbocycles. The van der Waals surface area contributed by atoms with Crippen LogP contribution in [-0.4, -0.2) is 25.2 Å². The van der Waals surface area contributed by atoms with Crippen molar-refractivity contribution in [1.82, 2.24) is 0 Å². The third kappa shape index (κ3) is 4.66. The maximum absolute atomic E-state index is 11.7. The molecule has 0 spiro atoms. The van der Waals surface area contributed by atoms with Crippen LogP contribution in [0.5, 0.6) is 0 Å². The Morgan fingerprint density at radius 1 is 1.19 bits per heavy atom. The Kier molecular flexibility index (Phi) is 7.82. The molecule has 182 valence electrons. The molecule has 0 N–H and O–H groups in total. The number of hydrogen-bond acceptors (Lipinski definition) is 4. The van der Waals surface area contributed by atoms with E-state index in [4.69, 9.17) is 9.47 Å². The van der Waals surface area contributed by atoms with Gasteiger partial charge in [0.2, 0.25) is 0 Å². The Balaban J connectivity index is 1.79. The van der Waals surface area contributed by atoms with Crippen molar-refractivity contribution in [1.29, 1.82) is 0 Å². The van der Waals surface area contributed by atoms with Crippen LogP contribution >= 0.6 is 0 Å². The van der Waals surface area contributed by atoms with Gasteiger partial charge in [-0.3, -0.25) is 9.59 Å². The summed E-state index contributed by atoms with van der Waals surface area (Å²) in [5, 5.41) is 0. The van der Waals surface area contributed by atoms with Gasteiger partial charge in [-0.2, -0.15) is 0 Å². The molecule has 0 aromatic rings. The van der Waals surface area contributed by atoms with Crippen LogP contribution in [-0.2, 0) is 19.1 Å². The lowest BCUT2D eigenvalue weighted by Gasteiger charge is -2.59. The zero-order valence-electron chi connectivity index (χ0n) is 21.5. The Hall–Kier alpha value is -1.32. The van der Waals surface area contributed by atoms with Crippen molar-refractivity contribution >= 4 is 11.9 Å². The summed E-state index contributed by atoms with van der Waals surface area (Å²) in [5.74, 6) is 2.79. The van der Waals surface area contributed by atoms with Gasteiger partial charge in [0.05, 0.1) is 7.11 Å². The summed E-state index contributed by atoms with van der Waals surface area (Å²) in [6.45, 7) is 13.7. The zero-order chi connectivity index (χ0) is 23.7. The molecule has 0 saturated heterocycles. The number of esters is 2. The second-order valence-corrected chi connectivity index (χ2v) is 11.6. The van der Waals surface area contributed by atoms with E-state index >= 15 is 0 Å². The fourth-order valence-corrected chi connectivity index (χ4v) is 7.84. The van der Waals surface area contributed by atoms with Crippen LogP contribution in [0.3, 0.4) is 0 Å². The molecule has 32 heavy (non-hydrogen) atoms. The first-order valence-electron chi connectivity index (χ1n) is 13.0. The average molecular weight is 447 g/mol. The van der Waals surface area contributed by atoms with Gasteiger partial charge in [0.1, 0.15) is 6.10 Å². The number of carbonyl (C=O) groups excluding carboxylic acids is 2. The molecule has 0 amide bonds. The highest BCUT2D eigenvalue weighted by Crippen LogP contribution is 2.63. The van der Waals surface area contributed by atoms with E-state index in [9.17, 15) is 9.59 Å². The van der Waals surface area contributed by atoms with Crippen LogP contribution in [0.2, 0.25) is 0 Å². The van der Waals surface area contributed by atoms with Crippen LogP contribution in [0.1, 0.15) is 99.3 Å². The number of allylic oxidation sites excluding steroid dienone is 2. The number of hydrogen-bond donors (Lipinski definition) is 0. The molecule has 4 nitrogen and oxygen atoms in total. The molecule has 2 fully saturated rings. The first kappa shape index (κ1) is 25.3. The highest BCUT2D eigenvalue weighted by atomic mass is 16.5. The number of fused-ring (bicyclic) bond motifs is 3. The second-order valence-electron chi connectivity index (χ2n) is 11.6. The summed E-state index contributed by atoms with van der Waals surface area (Å²) in [6, 6.07) is 0. The number of methoxy groups -OCH3 is 1. The molecule has 8 atom stereocenters. The summed E-state index contributed by atoms with van der Waals surface area (Å²) in [5.41, 5.74) is 2.23. The zero-order valence-corrected chi connectivity index (χ0v) is 21.5. The third-order valence-corrected chi connectivity index (χ3v) is 10.1. The molecule has 2 saturated carbocycles. The summed E-state index contributed by atoms with van der Waals surface area (Å²) in [7, 11) is 1.48. The molecule has 3 aliphatic rings. The maximum Gasteiger partial charge on any atom is 0.305 e. The van der Waals surface area contributed by atoms with Gasteiger partial charge in [-0.15, -0.1) is 0 Å². The highest BCUT2D eigenvalue weighted by molar-refractivity contribution is 5.69. The maximum atomic E-state index is 11.7. The molecular weight excluding hydrogens is 400 g/mol. The van der Waals surface area contributed by atoms with E-state index in [1.54, 1.807) is 5.57 Å². The van der Waals surface area contributed by atoms with E-state index in [-0.39, 0.29) is 28.9 Å². The van der Waals surface area contributed by atoms with Gasteiger partial charge >= 0.3 is 11.9 Å². The van der Waals surface area contributed by atoms with Crippen molar-refractivity contribution < 1.29 is 19.1 Å². The van der Waals surface area contributed by atoms with Crippen molar-refractivity contribution in [3.05, 3.63) is 11.6 Å². The smallest absolute Gasteiger partial charge is 0.305 e.